The molecule has 138 valence electrons. The van der Waals surface area contributed by atoms with Crippen molar-refractivity contribution in [3.63, 3.8) is 0 Å². The number of hydrogen-bond acceptors (Lipinski definition) is 4. The molecule has 2 aromatic rings. The molecule has 25 heavy (non-hydrogen) atoms. The van der Waals surface area contributed by atoms with Crippen molar-refractivity contribution in [2.45, 2.75) is 31.6 Å². The van der Waals surface area contributed by atoms with Gasteiger partial charge >= 0.3 is 0 Å². The molecule has 1 fully saturated rings. The number of sulfonamides is 1. The Balaban J connectivity index is 0.00000225. The number of nitrogens with one attached hydrogen (secondary N) is 1. The summed E-state index contributed by atoms with van der Waals surface area (Å²) in [6.07, 6.45) is 3.53. The number of aromatic nitrogens is 1. The van der Waals surface area contributed by atoms with Crippen molar-refractivity contribution < 1.29 is 8.42 Å². The summed E-state index contributed by atoms with van der Waals surface area (Å²) >= 11 is 0. The van der Waals surface area contributed by atoms with Crippen LogP contribution in [0.2, 0.25) is 0 Å². The summed E-state index contributed by atoms with van der Waals surface area (Å²) in [6, 6.07) is 7.21. The average Bonchev–Trinajstić information content (AvgIpc) is 2.60. The van der Waals surface area contributed by atoms with Gasteiger partial charge in [0.05, 0.1) is 10.4 Å². The van der Waals surface area contributed by atoms with Crippen LogP contribution in [0.25, 0.3) is 10.9 Å². The Morgan fingerprint density at radius 2 is 1.96 bits per heavy atom. The van der Waals surface area contributed by atoms with E-state index in [1.54, 1.807) is 22.6 Å². The number of pyridine rings is 1. The molecule has 0 amide bonds. The van der Waals surface area contributed by atoms with E-state index in [0.717, 1.165) is 37.0 Å². The Morgan fingerprint density at radius 3 is 2.64 bits per heavy atom. The van der Waals surface area contributed by atoms with Crippen LogP contribution in [0.5, 0.6) is 0 Å². The second-order valence-electron chi connectivity index (χ2n) is 6.44. The number of benzene rings is 1. The second kappa shape index (κ2) is 8.45. The van der Waals surface area contributed by atoms with E-state index < -0.39 is 10.0 Å². The molecule has 2 heterocycles. The minimum Gasteiger partial charge on any atom is -0.317 e. The number of rotatable bonds is 5. The van der Waals surface area contributed by atoms with Crippen molar-refractivity contribution in [1.82, 2.24) is 14.6 Å². The zero-order chi connectivity index (χ0) is 17.2. The topological polar surface area (TPSA) is 62.3 Å². The molecule has 7 heteroatoms. The standard InChI is InChI=1S/C18H25N3O2S.ClH/c1-3-19-13-15-8-11-21(12-9-15)24(22,23)17-7-6-14(2)18-16(17)5-4-10-20-18;/h4-7,10,15,19H,3,8-9,11-13H2,1-2H3;1H. The van der Waals surface area contributed by atoms with Crippen LogP contribution in [0.4, 0.5) is 0 Å². The molecule has 1 saturated heterocycles. The van der Waals surface area contributed by atoms with Crippen molar-refractivity contribution in [2.75, 3.05) is 26.2 Å². The van der Waals surface area contributed by atoms with E-state index in [1.807, 2.05) is 19.1 Å². The third-order valence-electron chi connectivity index (χ3n) is 4.81. The molecule has 0 saturated carbocycles. The molecule has 0 atom stereocenters. The van der Waals surface area contributed by atoms with E-state index in [2.05, 4.69) is 17.2 Å². The molecule has 1 aromatic heterocycles. The van der Waals surface area contributed by atoms with Crippen molar-refractivity contribution in [2.24, 2.45) is 5.92 Å². The second-order valence-corrected chi connectivity index (χ2v) is 8.34. The summed E-state index contributed by atoms with van der Waals surface area (Å²) in [5.41, 5.74) is 1.76. The Kier molecular flexibility index (Phi) is 6.79. The van der Waals surface area contributed by atoms with Crippen LogP contribution in [0.15, 0.2) is 35.4 Å². The number of nitrogens with zero attached hydrogens (tertiary/aromatic N) is 2. The van der Waals surface area contributed by atoms with Crippen molar-refractivity contribution in [3.8, 4) is 0 Å². The third kappa shape index (κ3) is 4.14. The van der Waals surface area contributed by atoms with Crippen LogP contribution < -0.4 is 5.32 Å². The Bertz CT molecular complexity index is 818. The fourth-order valence-electron chi connectivity index (χ4n) is 3.35. The number of piperidine rings is 1. The van der Waals surface area contributed by atoms with Gasteiger partial charge in [0.1, 0.15) is 0 Å². The molecule has 0 radical (unpaired) electrons. The number of aryl methyl sites for hydroxylation is 1. The fraction of sp³-hybridized carbons (Fsp3) is 0.500. The Morgan fingerprint density at radius 1 is 1.24 bits per heavy atom. The Hall–Kier alpha value is -1.21. The first kappa shape index (κ1) is 20.1. The quantitative estimate of drug-likeness (QED) is 0.862. The van der Waals surface area contributed by atoms with E-state index in [-0.39, 0.29) is 12.4 Å². The summed E-state index contributed by atoms with van der Waals surface area (Å²) in [7, 11) is -3.48. The van der Waals surface area contributed by atoms with Gasteiger partial charge in [0.2, 0.25) is 10.0 Å². The lowest BCUT2D eigenvalue weighted by Crippen LogP contribution is -2.40. The maximum Gasteiger partial charge on any atom is 0.243 e. The lowest BCUT2D eigenvalue weighted by Gasteiger charge is -2.31. The van der Waals surface area contributed by atoms with E-state index >= 15 is 0 Å². The predicted octanol–water partition coefficient (Wildman–Crippen LogP) is 2.98. The molecule has 1 N–H and O–H groups in total. The van der Waals surface area contributed by atoms with Gasteiger partial charge in [-0.1, -0.05) is 13.0 Å². The van der Waals surface area contributed by atoms with Gasteiger partial charge in [-0.25, -0.2) is 8.42 Å². The molecular formula is C18H26ClN3O2S. The summed E-state index contributed by atoms with van der Waals surface area (Å²) < 4.78 is 27.9. The first-order chi connectivity index (χ1) is 11.5. The lowest BCUT2D eigenvalue weighted by molar-refractivity contribution is 0.268. The SMILES string of the molecule is CCNCC1CCN(S(=O)(=O)c2ccc(C)c3ncccc23)CC1.Cl. The van der Waals surface area contributed by atoms with Gasteiger partial charge in [-0.3, -0.25) is 4.98 Å². The molecule has 0 aliphatic carbocycles. The van der Waals surface area contributed by atoms with Gasteiger partial charge in [0.15, 0.2) is 0 Å². The molecule has 1 aliphatic rings. The van der Waals surface area contributed by atoms with Crippen LogP contribution >= 0.6 is 12.4 Å². The Labute approximate surface area is 156 Å². The normalized spacial score (nSPS) is 16.7. The number of fused-ring (bicyclic) bond motifs is 1. The van der Waals surface area contributed by atoms with Crippen molar-refractivity contribution >= 4 is 33.3 Å². The lowest BCUT2D eigenvalue weighted by atomic mass is 9.98. The van der Waals surface area contributed by atoms with E-state index in [9.17, 15) is 8.42 Å². The number of hydrogen-bond donors (Lipinski definition) is 1. The molecular weight excluding hydrogens is 358 g/mol. The third-order valence-corrected chi connectivity index (χ3v) is 6.76. The van der Waals surface area contributed by atoms with Crippen LogP contribution in [-0.4, -0.2) is 43.9 Å². The molecule has 0 unspecified atom stereocenters. The smallest absolute Gasteiger partial charge is 0.243 e. The predicted molar refractivity (Wildman–Crippen MR) is 104 cm³/mol. The minimum atomic E-state index is -3.48. The van der Waals surface area contributed by atoms with Crippen LogP contribution in [0.1, 0.15) is 25.3 Å². The van der Waals surface area contributed by atoms with Crippen LogP contribution in [-0.2, 0) is 10.0 Å². The number of halogens is 1. The summed E-state index contributed by atoms with van der Waals surface area (Å²) in [4.78, 5) is 4.73. The first-order valence-corrected chi connectivity index (χ1v) is 10.0. The minimum absolute atomic E-state index is 0. The first-order valence-electron chi connectivity index (χ1n) is 8.59. The van der Waals surface area contributed by atoms with Gasteiger partial charge in [-0.05, 0) is 62.5 Å². The highest BCUT2D eigenvalue weighted by atomic mass is 35.5. The largest absolute Gasteiger partial charge is 0.317 e. The molecule has 5 nitrogen and oxygen atoms in total. The van der Waals surface area contributed by atoms with Gasteiger partial charge in [0.25, 0.3) is 0 Å². The van der Waals surface area contributed by atoms with Crippen LogP contribution in [0.3, 0.4) is 0 Å². The zero-order valence-corrected chi connectivity index (χ0v) is 16.4. The fourth-order valence-corrected chi connectivity index (χ4v) is 5.01. The highest BCUT2D eigenvalue weighted by Crippen LogP contribution is 2.29. The maximum absolute atomic E-state index is 13.1. The molecule has 1 aromatic carbocycles. The summed E-state index contributed by atoms with van der Waals surface area (Å²) in [5.74, 6) is 0.563. The van der Waals surface area contributed by atoms with Gasteiger partial charge < -0.3 is 5.32 Å². The summed E-state index contributed by atoms with van der Waals surface area (Å²) in [6.45, 7) is 7.17. The highest BCUT2D eigenvalue weighted by molar-refractivity contribution is 7.89. The van der Waals surface area contributed by atoms with E-state index in [0.29, 0.717) is 29.3 Å². The van der Waals surface area contributed by atoms with Crippen molar-refractivity contribution in [1.29, 1.82) is 0 Å². The summed E-state index contributed by atoms with van der Waals surface area (Å²) in [5, 5.41) is 4.07. The zero-order valence-electron chi connectivity index (χ0n) is 14.7. The highest BCUT2D eigenvalue weighted by Gasteiger charge is 2.30. The average molecular weight is 384 g/mol. The van der Waals surface area contributed by atoms with Crippen LogP contribution in [0, 0.1) is 12.8 Å². The van der Waals surface area contributed by atoms with Crippen molar-refractivity contribution in [3.05, 3.63) is 36.0 Å². The molecule has 0 bridgehead atoms. The molecule has 0 spiro atoms. The van der Waals surface area contributed by atoms with Gasteiger partial charge in [-0.15, -0.1) is 12.4 Å². The molecule has 3 rings (SSSR count). The monoisotopic (exact) mass is 383 g/mol. The van der Waals surface area contributed by atoms with E-state index in [1.165, 1.54) is 0 Å². The van der Waals surface area contributed by atoms with Gasteiger partial charge in [-0.2, -0.15) is 4.31 Å². The molecule has 1 aliphatic heterocycles. The van der Waals surface area contributed by atoms with E-state index in [4.69, 9.17) is 0 Å². The maximum atomic E-state index is 13.1. The van der Waals surface area contributed by atoms with Gasteiger partial charge in [0, 0.05) is 24.7 Å².